The monoisotopic (exact) mass is 490 g/mol. The number of aromatic nitrogens is 2. The van der Waals surface area contributed by atoms with E-state index in [9.17, 15) is 9.59 Å². The molecule has 1 aliphatic carbocycles. The maximum absolute atomic E-state index is 14.2. The first-order valence-corrected chi connectivity index (χ1v) is 13.0. The van der Waals surface area contributed by atoms with E-state index in [0.29, 0.717) is 12.1 Å². The summed E-state index contributed by atoms with van der Waals surface area (Å²) < 4.78 is 1.89. The second-order valence-electron chi connectivity index (χ2n) is 9.95. The van der Waals surface area contributed by atoms with Crippen LogP contribution in [0.25, 0.3) is 16.9 Å². The molecule has 1 unspecified atom stereocenters. The predicted molar refractivity (Wildman–Crippen MR) is 143 cm³/mol. The molecular formula is C31H30N4O2. The Kier molecular flexibility index (Phi) is 6.08. The van der Waals surface area contributed by atoms with Crippen molar-refractivity contribution in [3.05, 3.63) is 107 Å². The average molecular weight is 491 g/mol. The average Bonchev–Trinajstić information content (AvgIpc) is 3.54. The van der Waals surface area contributed by atoms with Crippen molar-refractivity contribution < 1.29 is 9.59 Å². The lowest BCUT2D eigenvalue weighted by Gasteiger charge is -2.31. The van der Waals surface area contributed by atoms with Crippen LogP contribution in [0.15, 0.2) is 84.9 Å². The van der Waals surface area contributed by atoms with Crippen LogP contribution >= 0.6 is 0 Å². The summed E-state index contributed by atoms with van der Waals surface area (Å²) in [5.74, 6) is -0.290. The summed E-state index contributed by atoms with van der Waals surface area (Å²) in [6, 6.07) is 26.8. The third-order valence-electron chi connectivity index (χ3n) is 7.51. The van der Waals surface area contributed by atoms with Gasteiger partial charge in [0.15, 0.2) is 0 Å². The Morgan fingerprint density at radius 2 is 1.51 bits per heavy atom. The highest BCUT2D eigenvalue weighted by Crippen LogP contribution is 2.42. The lowest BCUT2D eigenvalue weighted by atomic mass is 9.97. The van der Waals surface area contributed by atoms with E-state index in [4.69, 9.17) is 5.10 Å². The highest BCUT2D eigenvalue weighted by molar-refractivity contribution is 6.05. The number of carbonyl (C=O) groups is 2. The van der Waals surface area contributed by atoms with Gasteiger partial charge in [-0.15, -0.1) is 0 Å². The maximum Gasteiger partial charge on any atom is 0.255 e. The number of amides is 2. The normalized spacial score (nSPS) is 17.3. The first kappa shape index (κ1) is 23.2. The summed E-state index contributed by atoms with van der Waals surface area (Å²) in [7, 11) is 0. The Hall–Kier alpha value is -4.19. The molecule has 0 radical (unpaired) electrons. The van der Waals surface area contributed by atoms with Crippen molar-refractivity contribution in [3.63, 3.8) is 0 Å². The van der Waals surface area contributed by atoms with Crippen LogP contribution in [0.3, 0.4) is 0 Å². The second kappa shape index (κ2) is 9.69. The number of nitrogens with zero attached hydrogens (tertiary/aromatic N) is 3. The SMILES string of the molecule is Cc1nn(-c2ccccc2)c2c1C(C(=O)NC1CCCC1)N(Cc1ccccc1)C(=O)c1ccccc1-2. The van der Waals surface area contributed by atoms with Gasteiger partial charge in [0, 0.05) is 29.3 Å². The fourth-order valence-corrected chi connectivity index (χ4v) is 5.75. The molecule has 1 aromatic heterocycles. The minimum absolute atomic E-state index is 0.138. The van der Waals surface area contributed by atoms with Gasteiger partial charge in [-0.05, 0) is 43.5 Å². The third-order valence-corrected chi connectivity index (χ3v) is 7.51. The van der Waals surface area contributed by atoms with Crippen molar-refractivity contribution >= 4 is 11.8 Å². The fraction of sp³-hybridized carbons (Fsp3) is 0.258. The van der Waals surface area contributed by atoms with Crippen molar-refractivity contribution in [2.45, 2.75) is 51.2 Å². The molecule has 0 saturated heterocycles. The third kappa shape index (κ3) is 4.22. The van der Waals surface area contributed by atoms with Gasteiger partial charge in [0.2, 0.25) is 5.91 Å². The zero-order valence-electron chi connectivity index (χ0n) is 20.9. The molecule has 2 aliphatic rings. The van der Waals surface area contributed by atoms with Crippen LogP contribution in [-0.2, 0) is 11.3 Å². The lowest BCUT2D eigenvalue weighted by Crippen LogP contribution is -2.45. The van der Waals surface area contributed by atoms with E-state index in [0.717, 1.165) is 59.4 Å². The van der Waals surface area contributed by atoms with Crippen molar-refractivity contribution in [2.24, 2.45) is 0 Å². The molecule has 1 saturated carbocycles. The standard InChI is InChI=1S/C31H30N4O2/c1-21-27-28(35(33-21)24-16-6-3-7-17-24)25-18-10-11-19-26(25)31(37)34(20-22-12-4-2-5-13-22)29(27)30(36)32-23-14-8-9-15-23/h2-7,10-13,16-19,23,29H,8-9,14-15,20H2,1H3,(H,32,36). The van der Waals surface area contributed by atoms with Gasteiger partial charge in [-0.3, -0.25) is 9.59 Å². The summed E-state index contributed by atoms with van der Waals surface area (Å²) in [5.41, 5.74) is 5.56. The Labute approximate surface area is 216 Å². The van der Waals surface area contributed by atoms with E-state index >= 15 is 0 Å². The Balaban J connectivity index is 1.58. The van der Waals surface area contributed by atoms with Crippen molar-refractivity contribution in [1.82, 2.24) is 20.0 Å². The zero-order chi connectivity index (χ0) is 25.4. The van der Waals surface area contributed by atoms with E-state index in [2.05, 4.69) is 5.32 Å². The number of nitrogens with one attached hydrogen (secondary N) is 1. The van der Waals surface area contributed by atoms with Gasteiger partial charge < -0.3 is 10.2 Å². The molecule has 6 rings (SSSR count). The molecule has 2 heterocycles. The number of fused-ring (bicyclic) bond motifs is 3. The molecule has 186 valence electrons. The van der Waals surface area contributed by atoms with Gasteiger partial charge >= 0.3 is 0 Å². The van der Waals surface area contributed by atoms with E-state index in [-0.39, 0.29) is 17.9 Å². The number of carbonyl (C=O) groups excluding carboxylic acids is 2. The molecule has 2 amide bonds. The van der Waals surface area contributed by atoms with Gasteiger partial charge in [0.1, 0.15) is 6.04 Å². The molecule has 6 nitrogen and oxygen atoms in total. The van der Waals surface area contributed by atoms with Crippen LogP contribution in [0.4, 0.5) is 0 Å². The predicted octanol–water partition coefficient (Wildman–Crippen LogP) is 5.60. The number of hydrogen-bond acceptors (Lipinski definition) is 3. The largest absolute Gasteiger partial charge is 0.351 e. The summed E-state index contributed by atoms with van der Waals surface area (Å²) >= 11 is 0. The maximum atomic E-state index is 14.2. The summed E-state index contributed by atoms with van der Waals surface area (Å²) in [5, 5.41) is 8.22. The lowest BCUT2D eigenvalue weighted by molar-refractivity contribution is -0.126. The Bertz CT molecular complexity index is 1440. The van der Waals surface area contributed by atoms with Crippen LogP contribution in [0.1, 0.15) is 58.9 Å². The van der Waals surface area contributed by atoms with E-state index in [1.807, 2.05) is 96.5 Å². The fourth-order valence-electron chi connectivity index (χ4n) is 5.75. The molecule has 37 heavy (non-hydrogen) atoms. The topological polar surface area (TPSA) is 67.2 Å². The summed E-state index contributed by atoms with van der Waals surface area (Å²) in [6.45, 7) is 2.26. The highest BCUT2D eigenvalue weighted by atomic mass is 16.2. The van der Waals surface area contributed by atoms with E-state index in [1.54, 1.807) is 4.90 Å². The molecule has 4 aromatic rings. The van der Waals surface area contributed by atoms with Crippen LogP contribution < -0.4 is 5.32 Å². The summed E-state index contributed by atoms with van der Waals surface area (Å²) in [6.07, 6.45) is 4.18. The smallest absolute Gasteiger partial charge is 0.255 e. The van der Waals surface area contributed by atoms with E-state index < -0.39 is 6.04 Å². The molecule has 0 bridgehead atoms. The van der Waals surface area contributed by atoms with E-state index in [1.165, 1.54) is 0 Å². The molecular weight excluding hydrogens is 460 g/mol. The second-order valence-corrected chi connectivity index (χ2v) is 9.95. The molecule has 1 aliphatic heterocycles. The first-order chi connectivity index (χ1) is 18.1. The molecule has 1 fully saturated rings. The van der Waals surface area contributed by atoms with Crippen LogP contribution in [0.5, 0.6) is 0 Å². The Morgan fingerprint density at radius 3 is 2.22 bits per heavy atom. The minimum atomic E-state index is -0.798. The van der Waals surface area contributed by atoms with Gasteiger partial charge in [-0.25, -0.2) is 4.68 Å². The number of aryl methyl sites for hydroxylation is 1. The first-order valence-electron chi connectivity index (χ1n) is 13.0. The molecule has 1 atom stereocenters. The quantitative estimate of drug-likeness (QED) is 0.396. The Morgan fingerprint density at radius 1 is 0.892 bits per heavy atom. The van der Waals surface area contributed by atoms with Gasteiger partial charge in [0.05, 0.1) is 17.1 Å². The summed E-state index contributed by atoms with van der Waals surface area (Å²) in [4.78, 5) is 30.1. The van der Waals surface area contributed by atoms with Crippen molar-refractivity contribution in [2.75, 3.05) is 0 Å². The van der Waals surface area contributed by atoms with Gasteiger partial charge in [-0.2, -0.15) is 5.10 Å². The molecule has 1 N–H and O–H groups in total. The number of para-hydroxylation sites is 1. The zero-order valence-corrected chi connectivity index (χ0v) is 20.9. The minimum Gasteiger partial charge on any atom is -0.351 e. The van der Waals surface area contributed by atoms with Crippen molar-refractivity contribution in [1.29, 1.82) is 0 Å². The molecule has 3 aromatic carbocycles. The molecule has 0 spiro atoms. The van der Waals surface area contributed by atoms with Crippen LogP contribution in [0, 0.1) is 6.92 Å². The van der Waals surface area contributed by atoms with Crippen LogP contribution in [-0.4, -0.2) is 32.5 Å². The highest BCUT2D eigenvalue weighted by Gasteiger charge is 2.42. The number of hydrogen-bond donors (Lipinski definition) is 1. The van der Waals surface area contributed by atoms with Gasteiger partial charge in [-0.1, -0.05) is 79.6 Å². The van der Waals surface area contributed by atoms with Crippen molar-refractivity contribution in [3.8, 4) is 16.9 Å². The van der Waals surface area contributed by atoms with Crippen LogP contribution in [0.2, 0.25) is 0 Å². The molecule has 6 heteroatoms. The van der Waals surface area contributed by atoms with Gasteiger partial charge in [0.25, 0.3) is 5.91 Å². The number of rotatable bonds is 5. The number of benzene rings is 3.